The van der Waals surface area contributed by atoms with Gasteiger partial charge in [0.2, 0.25) is 0 Å². The molecule has 1 aliphatic heterocycles. The average molecular weight is 390 g/mol. The number of thiophene rings is 1. The Balaban J connectivity index is 0.00000180. The lowest BCUT2D eigenvalue weighted by molar-refractivity contribution is 0.264. The molecular formula is C11H18BrClN2O2S2. The third-order valence-corrected chi connectivity index (χ3v) is 7.07. The van der Waals surface area contributed by atoms with E-state index in [0.29, 0.717) is 23.2 Å². The minimum absolute atomic E-state index is 0. The van der Waals surface area contributed by atoms with Gasteiger partial charge in [0.1, 0.15) is 4.21 Å². The largest absolute Gasteiger partial charge is 0.319 e. The first-order valence-corrected chi connectivity index (χ1v) is 8.99. The molecule has 0 aromatic carbocycles. The van der Waals surface area contributed by atoms with E-state index in [0.717, 1.165) is 23.2 Å². The predicted octanol–water partition coefficient (Wildman–Crippen LogP) is 2.55. The Morgan fingerprint density at radius 1 is 1.53 bits per heavy atom. The summed E-state index contributed by atoms with van der Waals surface area (Å²) in [6, 6.07) is 3.46. The molecule has 0 amide bonds. The van der Waals surface area contributed by atoms with Crippen LogP contribution < -0.4 is 5.32 Å². The molecular weight excluding hydrogens is 372 g/mol. The third-order valence-electron chi connectivity index (χ3n) is 3.12. The van der Waals surface area contributed by atoms with Crippen LogP contribution in [0.2, 0.25) is 0 Å². The number of sulfonamides is 1. The molecule has 1 aliphatic rings. The lowest BCUT2D eigenvalue weighted by Crippen LogP contribution is -2.42. The maximum Gasteiger partial charge on any atom is 0.252 e. The van der Waals surface area contributed by atoms with Crippen LogP contribution in [-0.2, 0) is 10.0 Å². The zero-order valence-electron chi connectivity index (χ0n) is 10.6. The summed E-state index contributed by atoms with van der Waals surface area (Å²) >= 11 is 4.59. The van der Waals surface area contributed by atoms with E-state index in [1.165, 1.54) is 11.3 Å². The number of nitrogens with one attached hydrogen (secondary N) is 1. The van der Waals surface area contributed by atoms with Crippen LogP contribution in [0.25, 0.3) is 0 Å². The van der Waals surface area contributed by atoms with E-state index in [1.54, 1.807) is 16.4 Å². The van der Waals surface area contributed by atoms with Crippen molar-refractivity contribution in [1.82, 2.24) is 9.62 Å². The minimum Gasteiger partial charge on any atom is -0.319 e. The summed E-state index contributed by atoms with van der Waals surface area (Å²) < 4.78 is 27.8. The van der Waals surface area contributed by atoms with Crippen molar-refractivity contribution in [3.05, 3.63) is 15.9 Å². The number of rotatable bonds is 4. The highest BCUT2D eigenvalue weighted by atomic mass is 79.9. The van der Waals surface area contributed by atoms with Gasteiger partial charge >= 0.3 is 0 Å². The Bertz CT molecular complexity index is 505. The van der Waals surface area contributed by atoms with Crippen LogP contribution in [0.5, 0.6) is 0 Å². The van der Waals surface area contributed by atoms with Crippen LogP contribution in [0, 0.1) is 5.92 Å². The molecule has 19 heavy (non-hydrogen) atoms. The van der Waals surface area contributed by atoms with Gasteiger partial charge in [-0.3, -0.25) is 0 Å². The van der Waals surface area contributed by atoms with Gasteiger partial charge in [-0.05, 0) is 60.4 Å². The molecule has 2 rings (SSSR count). The fraction of sp³-hybridized carbons (Fsp3) is 0.636. The minimum atomic E-state index is -3.30. The fourth-order valence-corrected chi connectivity index (χ4v) is 5.98. The highest BCUT2D eigenvalue weighted by Crippen LogP contribution is 2.30. The number of halogens is 2. The van der Waals surface area contributed by atoms with Crippen molar-refractivity contribution >= 4 is 49.7 Å². The van der Waals surface area contributed by atoms with Crippen LogP contribution in [0.4, 0.5) is 0 Å². The molecule has 1 aromatic rings. The highest BCUT2D eigenvalue weighted by Gasteiger charge is 2.30. The zero-order valence-corrected chi connectivity index (χ0v) is 14.7. The molecule has 0 radical (unpaired) electrons. The van der Waals surface area contributed by atoms with Crippen molar-refractivity contribution in [3.8, 4) is 0 Å². The van der Waals surface area contributed by atoms with Gasteiger partial charge in [0, 0.05) is 13.1 Å². The summed E-state index contributed by atoms with van der Waals surface area (Å²) in [5.74, 6) is 0.418. The van der Waals surface area contributed by atoms with Gasteiger partial charge < -0.3 is 5.32 Å². The van der Waals surface area contributed by atoms with Gasteiger partial charge in [-0.1, -0.05) is 0 Å². The average Bonchev–Trinajstić information content (AvgIpc) is 2.77. The Labute approximate surface area is 133 Å². The van der Waals surface area contributed by atoms with Gasteiger partial charge in [0.15, 0.2) is 0 Å². The summed E-state index contributed by atoms with van der Waals surface area (Å²) in [5.41, 5.74) is 0. The summed E-state index contributed by atoms with van der Waals surface area (Å²) in [7, 11) is -1.39. The molecule has 4 nitrogen and oxygen atoms in total. The summed E-state index contributed by atoms with van der Waals surface area (Å²) in [6.45, 7) is 2.14. The predicted molar refractivity (Wildman–Crippen MR) is 84.7 cm³/mol. The first kappa shape index (κ1) is 17.4. The maximum absolute atomic E-state index is 12.4. The molecule has 1 saturated heterocycles. The Hall–Kier alpha value is 0.340. The Morgan fingerprint density at radius 3 is 2.84 bits per heavy atom. The van der Waals surface area contributed by atoms with Gasteiger partial charge in [-0.2, -0.15) is 4.31 Å². The zero-order chi connectivity index (χ0) is 13.2. The van der Waals surface area contributed by atoms with Crippen LogP contribution in [0.1, 0.15) is 12.8 Å². The lowest BCUT2D eigenvalue weighted by Gasteiger charge is -2.31. The van der Waals surface area contributed by atoms with E-state index in [1.807, 2.05) is 7.05 Å². The second kappa shape index (κ2) is 7.38. The van der Waals surface area contributed by atoms with Gasteiger partial charge in [-0.15, -0.1) is 23.7 Å². The number of piperidine rings is 1. The molecule has 1 N–H and O–H groups in total. The topological polar surface area (TPSA) is 49.4 Å². The molecule has 0 spiro atoms. The third kappa shape index (κ3) is 4.15. The first-order chi connectivity index (χ1) is 8.54. The SMILES string of the molecule is CNCC1CCCN(S(=O)(=O)c2ccc(Br)s2)C1.Cl. The van der Waals surface area contributed by atoms with Crippen molar-refractivity contribution in [2.45, 2.75) is 17.1 Å². The Kier molecular flexibility index (Phi) is 6.75. The normalized spacial score (nSPS) is 21.1. The van der Waals surface area contributed by atoms with Crippen molar-refractivity contribution in [2.24, 2.45) is 5.92 Å². The number of hydrogen-bond acceptors (Lipinski definition) is 4. The summed E-state index contributed by atoms with van der Waals surface area (Å²) in [4.78, 5) is 0. The van der Waals surface area contributed by atoms with Crippen LogP contribution in [0.15, 0.2) is 20.1 Å². The van der Waals surface area contributed by atoms with Gasteiger partial charge in [-0.25, -0.2) is 8.42 Å². The van der Waals surface area contributed by atoms with E-state index in [2.05, 4.69) is 21.2 Å². The van der Waals surface area contributed by atoms with Gasteiger partial charge in [0.25, 0.3) is 10.0 Å². The smallest absolute Gasteiger partial charge is 0.252 e. The molecule has 1 fully saturated rings. The molecule has 1 aromatic heterocycles. The molecule has 1 atom stereocenters. The van der Waals surface area contributed by atoms with Crippen LogP contribution >= 0.6 is 39.7 Å². The molecule has 110 valence electrons. The van der Waals surface area contributed by atoms with E-state index in [9.17, 15) is 8.42 Å². The van der Waals surface area contributed by atoms with Crippen molar-refractivity contribution in [1.29, 1.82) is 0 Å². The van der Waals surface area contributed by atoms with E-state index < -0.39 is 10.0 Å². The monoisotopic (exact) mass is 388 g/mol. The van der Waals surface area contributed by atoms with Gasteiger partial charge in [0.05, 0.1) is 3.79 Å². The number of hydrogen-bond donors (Lipinski definition) is 1. The summed E-state index contributed by atoms with van der Waals surface area (Å²) in [5, 5.41) is 3.13. The number of nitrogens with zero attached hydrogens (tertiary/aromatic N) is 1. The molecule has 0 aliphatic carbocycles. The quantitative estimate of drug-likeness (QED) is 0.861. The van der Waals surface area contributed by atoms with E-state index in [4.69, 9.17) is 0 Å². The van der Waals surface area contributed by atoms with Crippen molar-refractivity contribution in [3.63, 3.8) is 0 Å². The first-order valence-electron chi connectivity index (χ1n) is 5.94. The maximum atomic E-state index is 12.4. The van der Waals surface area contributed by atoms with E-state index >= 15 is 0 Å². The molecule has 8 heteroatoms. The molecule has 1 unspecified atom stereocenters. The Morgan fingerprint density at radius 2 is 2.26 bits per heavy atom. The second-order valence-electron chi connectivity index (χ2n) is 4.49. The molecule has 2 heterocycles. The van der Waals surface area contributed by atoms with Crippen molar-refractivity contribution in [2.75, 3.05) is 26.7 Å². The fourth-order valence-electron chi connectivity index (χ4n) is 2.26. The lowest BCUT2D eigenvalue weighted by atomic mass is 10.00. The molecule has 0 saturated carbocycles. The standard InChI is InChI=1S/C11H17BrN2O2S2.ClH/c1-13-7-9-3-2-6-14(8-9)18(15,16)11-5-4-10(12)17-11;/h4-5,9,13H,2-3,6-8H2,1H3;1H. The summed E-state index contributed by atoms with van der Waals surface area (Å²) in [6.07, 6.45) is 2.04. The highest BCUT2D eigenvalue weighted by molar-refractivity contribution is 9.11. The van der Waals surface area contributed by atoms with Crippen molar-refractivity contribution < 1.29 is 8.42 Å². The molecule has 0 bridgehead atoms. The van der Waals surface area contributed by atoms with E-state index in [-0.39, 0.29) is 12.4 Å². The van der Waals surface area contributed by atoms with Crippen LogP contribution in [0.3, 0.4) is 0 Å². The second-order valence-corrected chi connectivity index (χ2v) is 9.12. The van der Waals surface area contributed by atoms with Crippen LogP contribution in [-0.4, -0.2) is 39.4 Å².